The predicted octanol–water partition coefficient (Wildman–Crippen LogP) is 2.65. The molecule has 2 aromatic carbocycles. The highest BCUT2D eigenvalue weighted by atomic mass is 32.2. The van der Waals surface area contributed by atoms with Crippen LogP contribution in [-0.2, 0) is 21.4 Å². The van der Waals surface area contributed by atoms with Crippen LogP contribution in [0.3, 0.4) is 0 Å². The number of carbonyl (C=O) groups is 1. The Labute approximate surface area is 176 Å². The predicted molar refractivity (Wildman–Crippen MR) is 115 cm³/mol. The van der Waals surface area contributed by atoms with Crippen LogP contribution in [0.15, 0.2) is 47.4 Å². The molecule has 3 aromatic rings. The van der Waals surface area contributed by atoms with Crippen LogP contribution >= 0.6 is 0 Å². The second-order valence-corrected chi connectivity index (χ2v) is 9.51. The van der Waals surface area contributed by atoms with E-state index in [1.54, 1.807) is 10.7 Å². The molecule has 0 fully saturated rings. The molecule has 0 saturated carbocycles. The molecular formula is C21H27N5O3S. The fraction of sp³-hybridized carbons (Fsp3) is 0.381. The van der Waals surface area contributed by atoms with Crippen LogP contribution < -0.4 is 5.32 Å². The third-order valence-electron chi connectivity index (χ3n) is 5.14. The van der Waals surface area contributed by atoms with E-state index in [4.69, 9.17) is 0 Å². The number of hydrogen-bond acceptors (Lipinski definition) is 5. The molecule has 3 rings (SSSR count). The van der Waals surface area contributed by atoms with E-state index in [2.05, 4.69) is 22.6 Å². The van der Waals surface area contributed by atoms with Gasteiger partial charge in [-0.2, -0.15) is 4.31 Å². The fourth-order valence-corrected chi connectivity index (χ4v) is 4.16. The summed E-state index contributed by atoms with van der Waals surface area (Å²) in [4.78, 5) is 12.3. The number of likely N-dealkylation sites (N-methyl/N-ethyl adjacent to an activating group) is 1. The largest absolute Gasteiger partial charge is 0.351 e. The Balaban J connectivity index is 1.69. The third kappa shape index (κ3) is 4.68. The van der Waals surface area contributed by atoms with Crippen LogP contribution in [0.25, 0.3) is 11.0 Å². The number of sulfonamides is 1. The number of nitrogens with one attached hydrogen (secondary N) is 1. The summed E-state index contributed by atoms with van der Waals surface area (Å²) in [5, 5.41) is 11.0. The summed E-state index contributed by atoms with van der Waals surface area (Å²) >= 11 is 0. The first-order valence-electron chi connectivity index (χ1n) is 9.86. The van der Waals surface area contributed by atoms with Gasteiger partial charge < -0.3 is 5.32 Å². The van der Waals surface area contributed by atoms with Crippen LogP contribution in [0, 0.1) is 6.92 Å². The second-order valence-electron chi connectivity index (χ2n) is 7.47. The topological polar surface area (TPSA) is 97.2 Å². The van der Waals surface area contributed by atoms with E-state index >= 15 is 0 Å². The van der Waals surface area contributed by atoms with Gasteiger partial charge in [0.2, 0.25) is 15.9 Å². The standard InChI is InChI=1S/C21H27N5O3S/c1-5-16(3)26-20-11-10-18(12-19(20)23-24-26)30(28,29)25(4)14-21(27)22-13-17-8-6-15(2)7-9-17/h6-12,16H,5,13-14H2,1-4H3,(H,22,27). The van der Waals surface area contributed by atoms with Gasteiger partial charge in [0.15, 0.2) is 0 Å². The van der Waals surface area contributed by atoms with Crippen molar-refractivity contribution in [1.82, 2.24) is 24.6 Å². The average Bonchev–Trinajstić information content (AvgIpc) is 3.16. The van der Waals surface area contributed by atoms with Crippen LogP contribution in [0.4, 0.5) is 0 Å². The van der Waals surface area contributed by atoms with Gasteiger partial charge in [0.25, 0.3) is 0 Å². The first kappa shape index (κ1) is 21.9. The van der Waals surface area contributed by atoms with E-state index < -0.39 is 10.0 Å². The summed E-state index contributed by atoms with van der Waals surface area (Å²) in [6.45, 7) is 6.14. The molecule has 1 atom stereocenters. The molecule has 0 spiro atoms. The molecule has 0 saturated heterocycles. The minimum absolute atomic E-state index is 0.0834. The zero-order valence-corrected chi connectivity index (χ0v) is 18.5. The van der Waals surface area contributed by atoms with Gasteiger partial charge in [-0.3, -0.25) is 4.79 Å². The molecule has 0 bridgehead atoms. The molecule has 1 unspecified atom stereocenters. The van der Waals surface area contributed by atoms with E-state index in [1.807, 2.05) is 38.1 Å². The maximum atomic E-state index is 12.9. The van der Waals surface area contributed by atoms with Crippen LogP contribution in [0.2, 0.25) is 0 Å². The van der Waals surface area contributed by atoms with Gasteiger partial charge in [0.05, 0.1) is 23.0 Å². The lowest BCUT2D eigenvalue weighted by Crippen LogP contribution is -2.38. The SMILES string of the molecule is CCC(C)n1nnc2cc(S(=O)(=O)N(C)CC(=O)NCc3ccc(C)cc3)ccc21. The van der Waals surface area contributed by atoms with Crippen molar-refractivity contribution in [3.05, 3.63) is 53.6 Å². The lowest BCUT2D eigenvalue weighted by molar-refractivity contribution is -0.121. The molecule has 1 amide bonds. The molecule has 9 heteroatoms. The number of rotatable bonds is 8. The summed E-state index contributed by atoms with van der Waals surface area (Å²) in [5.41, 5.74) is 3.38. The summed E-state index contributed by atoms with van der Waals surface area (Å²) < 4.78 is 28.6. The van der Waals surface area contributed by atoms with E-state index in [0.29, 0.717) is 12.1 Å². The average molecular weight is 430 g/mol. The van der Waals surface area contributed by atoms with Crippen molar-refractivity contribution in [2.45, 2.75) is 44.7 Å². The lowest BCUT2D eigenvalue weighted by atomic mass is 10.1. The van der Waals surface area contributed by atoms with Crippen molar-refractivity contribution in [2.75, 3.05) is 13.6 Å². The Hall–Kier alpha value is -2.78. The Morgan fingerprint density at radius 2 is 1.90 bits per heavy atom. The van der Waals surface area contributed by atoms with Crippen molar-refractivity contribution in [3.63, 3.8) is 0 Å². The number of amides is 1. The quantitative estimate of drug-likeness (QED) is 0.594. The van der Waals surface area contributed by atoms with Gasteiger partial charge in [-0.25, -0.2) is 13.1 Å². The smallest absolute Gasteiger partial charge is 0.243 e. The summed E-state index contributed by atoms with van der Waals surface area (Å²) in [7, 11) is -2.45. The second kappa shape index (κ2) is 8.93. The minimum atomic E-state index is -3.84. The Kier molecular flexibility index (Phi) is 6.52. The van der Waals surface area contributed by atoms with Gasteiger partial charge >= 0.3 is 0 Å². The minimum Gasteiger partial charge on any atom is -0.351 e. The molecule has 160 valence electrons. The molecule has 0 aliphatic heterocycles. The highest BCUT2D eigenvalue weighted by molar-refractivity contribution is 7.89. The summed E-state index contributed by atoms with van der Waals surface area (Å²) in [5.74, 6) is -0.370. The monoisotopic (exact) mass is 429 g/mol. The van der Waals surface area contributed by atoms with Crippen molar-refractivity contribution in [1.29, 1.82) is 0 Å². The van der Waals surface area contributed by atoms with Gasteiger partial charge in [-0.05, 0) is 44.0 Å². The molecule has 0 aliphatic carbocycles. The highest BCUT2D eigenvalue weighted by Crippen LogP contribution is 2.22. The number of benzene rings is 2. The molecule has 30 heavy (non-hydrogen) atoms. The molecular weight excluding hydrogens is 402 g/mol. The fourth-order valence-electron chi connectivity index (χ4n) is 3.01. The van der Waals surface area contributed by atoms with Crippen molar-refractivity contribution in [2.24, 2.45) is 0 Å². The van der Waals surface area contributed by atoms with Crippen LogP contribution in [-0.4, -0.2) is 47.2 Å². The highest BCUT2D eigenvalue weighted by Gasteiger charge is 2.24. The molecule has 0 aliphatic rings. The molecule has 1 heterocycles. The number of aromatic nitrogens is 3. The summed E-state index contributed by atoms with van der Waals surface area (Å²) in [6.07, 6.45) is 0.888. The zero-order chi connectivity index (χ0) is 21.9. The van der Waals surface area contributed by atoms with Gasteiger partial charge in [-0.15, -0.1) is 5.10 Å². The van der Waals surface area contributed by atoms with Crippen molar-refractivity contribution >= 4 is 27.0 Å². The van der Waals surface area contributed by atoms with Crippen molar-refractivity contribution in [3.8, 4) is 0 Å². The van der Waals surface area contributed by atoms with Crippen LogP contribution in [0.1, 0.15) is 37.4 Å². The van der Waals surface area contributed by atoms with Gasteiger partial charge in [0, 0.05) is 13.6 Å². The molecule has 1 N–H and O–H groups in total. The number of nitrogens with zero attached hydrogens (tertiary/aromatic N) is 4. The maximum absolute atomic E-state index is 12.9. The number of aryl methyl sites for hydroxylation is 1. The maximum Gasteiger partial charge on any atom is 0.243 e. The van der Waals surface area contributed by atoms with E-state index in [1.165, 1.54) is 19.2 Å². The zero-order valence-electron chi connectivity index (χ0n) is 17.7. The first-order chi connectivity index (χ1) is 14.2. The molecule has 1 aromatic heterocycles. The Morgan fingerprint density at radius 3 is 2.57 bits per heavy atom. The van der Waals surface area contributed by atoms with E-state index in [0.717, 1.165) is 27.4 Å². The summed E-state index contributed by atoms with van der Waals surface area (Å²) in [6, 6.07) is 12.7. The molecule has 8 nitrogen and oxygen atoms in total. The van der Waals surface area contributed by atoms with Crippen molar-refractivity contribution < 1.29 is 13.2 Å². The van der Waals surface area contributed by atoms with Crippen LogP contribution in [0.5, 0.6) is 0 Å². The van der Waals surface area contributed by atoms with Gasteiger partial charge in [0.1, 0.15) is 5.52 Å². The first-order valence-corrected chi connectivity index (χ1v) is 11.3. The Bertz CT molecular complexity index is 1140. The van der Waals surface area contributed by atoms with E-state index in [-0.39, 0.29) is 23.4 Å². The Morgan fingerprint density at radius 1 is 1.20 bits per heavy atom. The third-order valence-corrected chi connectivity index (χ3v) is 6.93. The van der Waals surface area contributed by atoms with Gasteiger partial charge in [-0.1, -0.05) is 42.0 Å². The number of carbonyl (C=O) groups excluding carboxylic acids is 1. The number of hydrogen-bond donors (Lipinski definition) is 1. The molecule has 0 radical (unpaired) electrons. The lowest BCUT2D eigenvalue weighted by Gasteiger charge is -2.17. The number of fused-ring (bicyclic) bond motifs is 1. The van der Waals surface area contributed by atoms with E-state index in [9.17, 15) is 13.2 Å². The normalized spacial score (nSPS) is 13.0.